The fourth-order valence-corrected chi connectivity index (χ4v) is 2.58. The van der Waals surface area contributed by atoms with Crippen LogP contribution in [-0.2, 0) is 19.1 Å². The normalized spacial score (nSPS) is 10.9. The van der Waals surface area contributed by atoms with Gasteiger partial charge in [0.05, 0.1) is 0 Å². The van der Waals surface area contributed by atoms with E-state index in [0.29, 0.717) is 16.5 Å². The van der Waals surface area contributed by atoms with Gasteiger partial charge in [0.25, 0.3) is 5.91 Å². The zero-order valence-electron chi connectivity index (χ0n) is 16.6. The van der Waals surface area contributed by atoms with E-state index in [1.54, 1.807) is 24.3 Å². The van der Waals surface area contributed by atoms with Gasteiger partial charge in [-0.05, 0) is 62.4 Å². The molecule has 0 unspecified atom stereocenters. The highest BCUT2D eigenvalue weighted by molar-refractivity contribution is 6.30. The molecule has 2 N–H and O–H groups in total. The maximum absolute atomic E-state index is 13.2. The van der Waals surface area contributed by atoms with E-state index in [-0.39, 0.29) is 13.0 Å². The number of nitrogens with two attached hydrogens (primary N) is 1. The number of halogens is 2. The van der Waals surface area contributed by atoms with Crippen molar-refractivity contribution in [2.75, 3.05) is 18.1 Å². The molecule has 9 heteroatoms. The molecule has 2 aromatic rings. The van der Waals surface area contributed by atoms with E-state index >= 15 is 0 Å². The number of ether oxygens (including phenoxy) is 2. The average molecular weight is 437 g/mol. The Balaban J connectivity index is 2.03. The van der Waals surface area contributed by atoms with Gasteiger partial charge in [0.2, 0.25) is 5.91 Å². The van der Waals surface area contributed by atoms with Crippen molar-refractivity contribution in [2.24, 2.45) is 5.73 Å². The van der Waals surface area contributed by atoms with E-state index < -0.39 is 35.8 Å². The molecule has 0 saturated heterocycles. The van der Waals surface area contributed by atoms with E-state index in [2.05, 4.69) is 0 Å². The smallest absolute Gasteiger partial charge is 0.350 e. The second kappa shape index (κ2) is 10.1. The van der Waals surface area contributed by atoms with Gasteiger partial charge in [0.15, 0.2) is 12.2 Å². The largest absolute Gasteiger partial charge is 0.476 e. The molecule has 0 spiro atoms. The predicted molar refractivity (Wildman–Crippen MR) is 110 cm³/mol. The third kappa shape index (κ3) is 6.73. The summed E-state index contributed by atoms with van der Waals surface area (Å²) in [4.78, 5) is 37.4. The zero-order chi connectivity index (χ0) is 22.3. The number of nitrogens with zero attached hydrogens (tertiary/aromatic N) is 1. The number of hydrogen-bond donors (Lipinski definition) is 1. The first kappa shape index (κ1) is 23.2. The SMILES string of the molecule is CC(C)(Oc1ccc(Cl)cc1)C(=O)OCC(=O)N(CCC(N)=O)c1ccc(F)cc1. The Kier molecular flexibility index (Phi) is 7.77. The van der Waals surface area contributed by atoms with Gasteiger partial charge in [-0.2, -0.15) is 0 Å². The number of hydrogen-bond acceptors (Lipinski definition) is 5. The lowest BCUT2D eigenvalue weighted by atomic mass is 10.1. The molecule has 30 heavy (non-hydrogen) atoms. The molecule has 2 rings (SSSR count). The summed E-state index contributed by atoms with van der Waals surface area (Å²) < 4.78 is 23.9. The van der Waals surface area contributed by atoms with Crippen LogP contribution in [0.4, 0.5) is 10.1 Å². The molecule has 0 aliphatic carbocycles. The zero-order valence-corrected chi connectivity index (χ0v) is 17.3. The first-order chi connectivity index (χ1) is 14.1. The maximum Gasteiger partial charge on any atom is 0.350 e. The van der Waals surface area contributed by atoms with Crippen molar-refractivity contribution in [1.82, 2.24) is 0 Å². The molecule has 0 fully saturated rings. The highest BCUT2D eigenvalue weighted by Gasteiger charge is 2.33. The van der Waals surface area contributed by atoms with Crippen LogP contribution in [0.5, 0.6) is 5.75 Å². The number of anilines is 1. The second-order valence-corrected chi connectivity index (χ2v) is 7.32. The fraction of sp³-hybridized carbons (Fsp3) is 0.286. The lowest BCUT2D eigenvalue weighted by Gasteiger charge is -2.26. The molecule has 2 amide bonds. The first-order valence-corrected chi connectivity index (χ1v) is 9.42. The Morgan fingerprint density at radius 1 is 1.07 bits per heavy atom. The summed E-state index contributed by atoms with van der Waals surface area (Å²) >= 11 is 5.82. The Morgan fingerprint density at radius 3 is 2.23 bits per heavy atom. The lowest BCUT2D eigenvalue weighted by molar-refractivity contribution is -0.161. The summed E-state index contributed by atoms with van der Waals surface area (Å²) in [5.74, 6) is -2.04. The van der Waals surface area contributed by atoms with Gasteiger partial charge in [-0.1, -0.05) is 11.6 Å². The second-order valence-electron chi connectivity index (χ2n) is 6.88. The molecule has 0 bridgehead atoms. The van der Waals surface area contributed by atoms with Crippen molar-refractivity contribution in [1.29, 1.82) is 0 Å². The quantitative estimate of drug-likeness (QED) is 0.609. The average Bonchev–Trinajstić information content (AvgIpc) is 2.69. The monoisotopic (exact) mass is 436 g/mol. The molecule has 0 aliphatic rings. The van der Waals surface area contributed by atoms with E-state index in [9.17, 15) is 18.8 Å². The van der Waals surface area contributed by atoms with E-state index in [4.69, 9.17) is 26.8 Å². The Bertz CT molecular complexity index is 901. The molecule has 160 valence electrons. The molecule has 0 aromatic heterocycles. The van der Waals surface area contributed by atoms with Crippen LogP contribution in [0.15, 0.2) is 48.5 Å². The number of primary amides is 1. The highest BCUT2D eigenvalue weighted by atomic mass is 35.5. The number of carbonyl (C=O) groups is 3. The maximum atomic E-state index is 13.2. The topological polar surface area (TPSA) is 98.9 Å². The van der Waals surface area contributed by atoms with E-state index in [1.807, 2.05) is 0 Å². The summed E-state index contributed by atoms with van der Waals surface area (Å²) in [6.07, 6.45) is -0.109. The van der Waals surface area contributed by atoms with Crippen LogP contribution >= 0.6 is 11.6 Å². The predicted octanol–water partition coefficient (Wildman–Crippen LogP) is 3.09. The van der Waals surface area contributed by atoms with Crippen LogP contribution < -0.4 is 15.4 Å². The summed E-state index contributed by atoms with van der Waals surface area (Å²) in [6.45, 7) is 2.36. The summed E-state index contributed by atoms with van der Waals surface area (Å²) in [7, 11) is 0. The van der Waals surface area contributed by atoms with Crippen molar-refractivity contribution < 1.29 is 28.2 Å². The van der Waals surface area contributed by atoms with Gasteiger partial charge in [-0.3, -0.25) is 9.59 Å². The molecule has 0 aliphatic heterocycles. The molecular weight excluding hydrogens is 415 g/mol. The number of esters is 1. The van der Waals surface area contributed by atoms with Crippen LogP contribution in [0.25, 0.3) is 0 Å². The number of carbonyl (C=O) groups excluding carboxylic acids is 3. The molecular formula is C21H22ClFN2O5. The minimum Gasteiger partial charge on any atom is -0.476 e. The molecule has 0 atom stereocenters. The van der Waals surface area contributed by atoms with Gasteiger partial charge < -0.3 is 20.1 Å². The third-order valence-corrected chi connectivity index (χ3v) is 4.28. The third-order valence-electron chi connectivity index (χ3n) is 4.03. The van der Waals surface area contributed by atoms with Gasteiger partial charge >= 0.3 is 5.97 Å². The minimum absolute atomic E-state index is 0.0397. The number of rotatable bonds is 9. The van der Waals surface area contributed by atoms with Gasteiger partial charge in [0.1, 0.15) is 11.6 Å². The molecule has 0 heterocycles. The Hall–Kier alpha value is -3.13. The van der Waals surface area contributed by atoms with E-state index in [1.165, 1.54) is 43.0 Å². The van der Waals surface area contributed by atoms with Crippen molar-refractivity contribution in [3.05, 3.63) is 59.4 Å². The first-order valence-electron chi connectivity index (χ1n) is 9.04. The van der Waals surface area contributed by atoms with E-state index in [0.717, 1.165) is 0 Å². The highest BCUT2D eigenvalue weighted by Crippen LogP contribution is 2.22. The number of amides is 2. The summed E-state index contributed by atoms with van der Waals surface area (Å²) in [5.41, 5.74) is 4.13. The van der Waals surface area contributed by atoms with Crippen molar-refractivity contribution >= 4 is 35.1 Å². The van der Waals surface area contributed by atoms with Gasteiger partial charge in [0, 0.05) is 23.7 Å². The summed E-state index contributed by atoms with van der Waals surface area (Å²) in [6, 6.07) is 11.5. The van der Waals surface area contributed by atoms with Crippen molar-refractivity contribution in [3.63, 3.8) is 0 Å². The molecule has 7 nitrogen and oxygen atoms in total. The number of benzene rings is 2. The van der Waals surface area contributed by atoms with Gasteiger partial charge in [-0.15, -0.1) is 0 Å². The van der Waals surface area contributed by atoms with Crippen LogP contribution in [0.2, 0.25) is 5.02 Å². The van der Waals surface area contributed by atoms with Crippen molar-refractivity contribution in [3.8, 4) is 5.75 Å². The van der Waals surface area contributed by atoms with Crippen LogP contribution in [0, 0.1) is 5.82 Å². The standard InChI is InChI=1S/C21H22ClFN2O5/c1-21(2,30-17-9-3-14(22)4-10-17)20(28)29-13-19(27)25(12-11-18(24)26)16-7-5-15(23)6-8-16/h3-10H,11-13H2,1-2H3,(H2,24,26). The molecule has 0 saturated carbocycles. The summed E-state index contributed by atoms with van der Waals surface area (Å²) in [5, 5.41) is 0.519. The van der Waals surface area contributed by atoms with Crippen LogP contribution in [0.1, 0.15) is 20.3 Å². The fourth-order valence-electron chi connectivity index (χ4n) is 2.46. The van der Waals surface area contributed by atoms with Gasteiger partial charge in [-0.25, -0.2) is 9.18 Å². The Labute approximate surface area is 178 Å². The van der Waals surface area contributed by atoms with Crippen LogP contribution in [0.3, 0.4) is 0 Å². The lowest BCUT2D eigenvalue weighted by Crippen LogP contribution is -2.43. The van der Waals surface area contributed by atoms with Crippen LogP contribution in [-0.4, -0.2) is 36.5 Å². The Morgan fingerprint density at radius 2 is 1.67 bits per heavy atom. The minimum atomic E-state index is -1.37. The van der Waals surface area contributed by atoms with Crippen molar-refractivity contribution in [2.45, 2.75) is 25.9 Å². The molecule has 2 aromatic carbocycles. The molecule has 0 radical (unpaired) electrons.